The van der Waals surface area contributed by atoms with Gasteiger partial charge in [-0.15, -0.1) is 0 Å². The third-order valence-electron chi connectivity index (χ3n) is 6.74. The van der Waals surface area contributed by atoms with Gasteiger partial charge < -0.3 is 0 Å². The molecular weight excluding hydrogens is 428 g/mol. The second kappa shape index (κ2) is 6.30. The molecule has 0 heterocycles. The van der Waals surface area contributed by atoms with Crippen molar-refractivity contribution in [3.8, 4) is 22.3 Å². The van der Waals surface area contributed by atoms with E-state index in [1.807, 2.05) is 0 Å². The minimum absolute atomic E-state index is 0.00288. The van der Waals surface area contributed by atoms with Crippen LogP contribution in [0.15, 0.2) is 95.5 Å². The second-order valence-corrected chi connectivity index (χ2v) is 9.47. The fraction of sp³-hybridized carbons (Fsp3) is 0.103. The van der Waals surface area contributed by atoms with Gasteiger partial charge in [0.25, 0.3) is 0 Å². The highest BCUT2D eigenvalue weighted by Gasteiger charge is 2.36. The first-order valence-corrected chi connectivity index (χ1v) is 11.2. The van der Waals surface area contributed by atoms with Crippen LogP contribution in [0.3, 0.4) is 0 Å². The molecule has 1 aliphatic rings. The third-order valence-corrected chi connectivity index (χ3v) is 7.60. The van der Waals surface area contributed by atoms with E-state index in [0.717, 1.165) is 0 Å². The normalized spacial score (nSPS) is 14.1. The van der Waals surface area contributed by atoms with Gasteiger partial charge in [0.1, 0.15) is 0 Å². The third kappa shape index (κ3) is 2.27. The summed E-state index contributed by atoms with van der Waals surface area (Å²) in [7, 11) is 0. The van der Waals surface area contributed by atoms with E-state index >= 15 is 0 Å². The summed E-state index contributed by atoms with van der Waals surface area (Å²) >= 11 is 3.90. The van der Waals surface area contributed by atoms with E-state index in [-0.39, 0.29) is 5.41 Å². The van der Waals surface area contributed by atoms with Crippen LogP contribution in [0, 0.1) is 0 Å². The lowest BCUT2D eigenvalue weighted by Crippen LogP contribution is -2.14. The molecule has 0 spiro atoms. The largest absolute Gasteiger partial charge is 0.0619 e. The lowest BCUT2D eigenvalue weighted by atomic mass is 9.81. The van der Waals surface area contributed by atoms with E-state index < -0.39 is 0 Å². The van der Waals surface area contributed by atoms with E-state index in [1.165, 1.54) is 59.4 Å². The van der Waals surface area contributed by atoms with E-state index in [2.05, 4.69) is 121 Å². The van der Waals surface area contributed by atoms with Gasteiger partial charge >= 0.3 is 0 Å². The fourth-order valence-electron chi connectivity index (χ4n) is 5.33. The molecule has 0 bridgehead atoms. The van der Waals surface area contributed by atoms with Gasteiger partial charge in [-0.05, 0) is 70.9 Å². The molecule has 5 aromatic rings. The van der Waals surface area contributed by atoms with Crippen molar-refractivity contribution in [3.63, 3.8) is 0 Å². The molecule has 0 N–H and O–H groups in total. The maximum atomic E-state index is 3.90. The van der Waals surface area contributed by atoms with Crippen LogP contribution in [0.1, 0.15) is 25.0 Å². The van der Waals surface area contributed by atoms with Crippen LogP contribution < -0.4 is 0 Å². The first kappa shape index (κ1) is 17.9. The highest BCUT2D eigenvalue weighted by molar-refractivity contribution is 9.10. The lowest BCUT2D eigenvalue weighted by molar-refractivity contribution is 0.660. The molecule has 0 amide bonds. The zero-order valence-electron chi connectivity index (χ0n) is 17.0. The maximum Gasteiger partial charge on any atom is 0.0332 e. The number of halogens is 1. The summed E-state index contributed by atoms with van der Waals surface area (Å²) in [5, 5.41) is 5.10. The molecule has 0 aromatic heterocycles. The van der Waals surface area contributed by atoms with Crippen LogP contribution in [0.25, 0.3) is 43.8 Å². The Morgan fingerprint density at radius 2 is 1.00 bits per heavy atom. The number of rotatable bonds is 1. The fourth-order valence-corrected chi connectivity index (χ4v) is 6.02. The predicted octanol–water partition coefficient (Wildman–Crippen LogP) is 8.73. The SMILES string of the molecule is CC1(C)c2ccccc2-c2c(-c3c4ccccc4c(Br)c4ccccc34)cccc21. The molecule has 0 nitrogen and oxygen atoms in total. The molecule has 0 atom stereocenters. The van der Waals surface area contributed by atoms with Crippen LogP contribution in [0.5, 0.6) is 0 Å². The molecule has 30 heavy (non-hydrogen) atoms. The Hall–Kier alpha value is -2.90. The van der Waals surface area contributed by atoms with Crippen LogP contribution in [0.2, 0.25) is 0 Å². The summed E-state index contributed by atoms with van der Waals surface area (Å²) in [4.78, 5) is 0. The van der Waals surface area contributed by atoms with Crippen molar-refractivity contribution in [2.75, 3.05) is 0 Å². The second-order valence-electron chi connectivity index (χ2n) is 8.68. The predicted molar refractivity (Wildman–Crippen MR) is 132 cm³/mol. The van der Waals surface area contributed by atoms with Gasteiger partial charge in [0.15, 0.2) is 0 Å². The maximum absolute atomic E-state index is 3.90. The van der Waals surface area contributed by atoms with Gasteiger partial charge in [-0.2, -0.15) is 0 Å². The Morgan fingerprint density at radius 1 is 0.500 bits per heavy atom. The summed E-state index contributed by atoms with van der Waals surface area (Å²) in [6, 6.07) is 33.2. The van der Waals surface area contributed by atoms with E-state index in [9.17, 15) is 0 Å². The minimum atomic E-state index is 0.00288. The Balaban J connectivity index is 1.83. The summed E-state index contributed by atoms with van der Waals surface area (Å²) in [5.41, 5.74) is 8.23. The molecule has 0 aliphatic heterocycles. The van der Waals surface area contributed by atoms with Crippen LogP contribution in [-0.2, 0) is 5.41 Å². The molecule has 0 radical (unpaired) electrons. The molecule has 6 rings (SSSR count). The van der Waals surface area contributed by atoms with Crippen LogP contribution in [0.4, 0.5) is 0 Å². The van der Waals surface area contributed by atoms with E-state index in [0.29, 0.717) is 0 Å². The van der Waals surface area contributed by atoms with Gasteiger partial charge in [0, 0.05) is 9.89 Å². The van der Waals surface area contributed by atoms with Gasteiger partial charge in [-0.1, -0.05) is 105 Å². The van der Waals surface area contributed by atoms with Crippen molar-refractivity contribution < 1.29 is 0 Å². The average Bonchev–Trinajstić information content (AvgIpc) is 3.02. The number of hydrogen-bond donors (Lipinski definition) is 0. The van der Waals surface area contributed by atoms with Crippen molar-refractivity contribution in [2.24, 2.45) is 0 Å². The van der Waals surface area contributed by atoms with Gasteiger partial charge in [0.05, 0.1) is 0 Å². The van der Waals surface area contributed by atoms with Crippen molar-refractivity contribution >= 4 is 37.5 Å². The Kier molecular flexibility index (Phi) is 3.76. The quantitative estimate of drug-likeness (QED) is 0.225. The van der Waals surface area contributed by atoms with Crippen molar-refractivity contribution in [1.82, 2.24) is 0 Å². The van der Waals surface area contributed by atoms with Crippen molar-refractivity contribution in [2.45, 2.75) is 19.3 Å². The summed E-state index contributed by atoms with van der Waals surface area (Å²) < 4.78 is 1.17. The number of benzene rings is 5. The van der Waals surface area contributed by atoms with Gasteiger partial charge in [-0.3, -0.25) is 0 Å². The van der Waals surface area contributed by atoms with Crippen LogP contribution in [-0.4, -0.2) is 0 Å². The van der Waals surface area contributed by atoms with E-state index in [1.54, 1.807) is 0 Å². The number of hydrogen-bond acceptors (Lipinski definition) is 0. The molecule has 1 aliphatic carbocycles. The van der Waals surface area contributed by atoms with Crippen molar-refractivity contribution in [3.05, 3.63) is 107 Å². The molecule has 0 saturated heterocycles. The van der Waals surface area contributed by atoms with Gasteiger partial charge in [-0.25, -0.2) is 0 Å². The molecule has 0 saturated carbocycles. The standard InChI is InChI=1S/C29H21Br/c1-29(2)24-16-8-7-14-22(24)27-23(15-9-17-25(27)29)26-18-10-3-5-12-20(18)28(30)21-13-6-4-11-19(21)26/h3-17H,1-2H3. The van der Waals surface area contributed by atoms with Gasteiger partial charge in [0.2, 0.25) is 0 Å². The Labute approximate surface area is 185 Å². The molecule has 144 valence electrons. The first-order valence-electron chi connectivity index (χ1n) is 10.4. The van der Waals surface area contributed by atoms with E-state index in [4.69, 9.17) is 0 Å². The monoisotopic (exact) mass is 448 g/mol. The zero-order valence-corrected chi connectivity index (χ0v) is 18.6. The number of fused-ring (bicyclic) bond motifs is 5. The summed E-state index contributed by atoms with van der Waals surface area (Å²) in [5.74, 6) is 0. The molecular formula is C29H21Br. The minimum Gasteiger partial charge on any atom is -0.0619 e. The Bertz CT molecular complexity index is 1420. The molecule has 5 aromatic carbocycles. The zero-order chi connectivity index (χ0) is 20.5. The van der Waals surface area contributed by atoms with Crippen molar-refractivity contribution in [1.29, 1.82) is 0 Å². The summed E-state index contributed by atoms with van der Waals surface area (Å²) in [6.07, 6.45) is 0. The molecule has 0 unspecified atom stereocenters. The molecule has 1 heteroatoms. The average molecular weight is 449 g/mol. The highest BCUT2D eigenvalue weighted by atomic mass is 79.9. The topological polar surface area (TPSA) is 0 Å². The molecule has 0 fully saturated rings. The highest BCUT2D eigenvalue weighted by Crippen LogP contribution is 2.53. The summed E-state index contributed by atoms with van der Waals surface area (Å²) in [6.45, 7) is 4.69. The lowest BCUT2D eigenvalue weighted by Gasteiger charge is -2.22. The van der Waals surface area contributed by atoms with Crippen LogP contribution >= 0.6 is 15.9 Å². The Morgan fingerprint density at radius 3 is 1.67 bits per heavy atom. The first-order chi connectivity index (χ1) is 14.6. The smallest absolute Gasteiger partial charge is 0.0332 e.